The molecular weight excluding hydrogens is 341 g/mol. The normalized spacial score (nSPS) is 11.9. The highest BCUT2D eigenvalue weighted by atomic mass is 35.5. The summed E-state index contributed by atoms with van der Waals surface area (Å²) < 4.78 is 0. The number of pyridine rings is 1. The molecule has 0 spiro atoms. The van der Waals surface area contributed by atoms with Crippen molar-refractivity contribution in [3.05, 3.63) is 22.3 Å². The lowest BCUT2D eigenvalue weighted by Gasteiger charge is -2.15. The van der Waals surface area contributed by atoms with Gasteiger partial charge in [-0.1, -0.05) is 37.0 Å². The zero-order valence-electron chi connectivity index (χ0n) is 13.0. The number of amides is 2. The van der Waals surface area contributed by atoms with Gasteiger partial charge in [0.15, 0.2) is 0 Å². The van der Waals surface area contributed by atoms with Crippen LogP contribution in [-0.4, -0.2) is 42.5 Å². The molecule has 0 fully saturated rings. The minimum absolute atomic E-state index is 0.0129. The minimum Gasteiger partial charge on any atom is -0.367 e. The molecule has 1 atom stereocenters. The van der Waals surface area contributed by atoms with E-state index in [4.69, 9.17) is 28.9 Å². The number of aromatic nitrogens is 1. The van der Waals surface area contributed by atoms with Crippen molar-refractivity contribution in [2.24, 2.45) is 11.7 Å². The van der Waals surface area contributed by atoms with Gasteiger partial charge in [-0.3, -0.25) is 9.59 Å². The maximum Gasteiger partial charge on any atom is 0.239 e. The first-order valence-electron chi connectivity index (χ1n) is 7.16. The maximum absolute atomic E-state index is 11.6. The van der Waals surface area contributed by atoms with E-state index in [2.05, 4.69) is 20.9 Å². The van der Waals surface area contributed by atoms with Gasteiger partial charge in [-0.15, -0.1) is 0 Å². The third-order valence-corrected chi connectivity index (χ3v) is 3.49. The molecule has 128 valence electrons. The third kappa shape index (κ3) is 7.02. The molecule has 1 aromatic heterocycles. The average Bonchev–Trinajstić information content (AvgIpc) is 2.49. The van der Waals surface area contributed by atoms with Crippen molar-refractivity contribution >= 4 is 40.8 Å². The van der Waals surface area contributed by atoms with Gasteiger partial charge in [0.05, 0.1) is 22.6 Å². The predicted molar refractivity (Wildman–Crippen MR) is 91.6 cm³/mol. The number of hydrogen-bond acceptors (Lipinski definition) is 5. The topological polar surface area (TPSA) is 109 Å². The Balaban J connectivity index is 2.23. The minimum atomic E-state index is -0.623. The molecule has 2 amide bonds. The number of halogens is 2. The van der Waals surface area contributed by atoms with Gasteiger partial charge in [0.1, 0.15) is 5.82 Å². The molecule has 1 heterocycles. The van der Waals surface area contributed by atoms with Crippen molar-refractivity contribution in [2.75, 3.05) is 25.0 Å². The Morgan fingerprint density at radius 2 is 1.96 bits per heavy atom. The van der Waals surface area contributed by atoms with E-state index in [9.17, 15) is 9.59 Å². The van der Waals surface area contributed by atoms with Gasteiger partial charge in [0.25, 0.3) is 0 Å². The molecular formula is C14H21Cl2N5O2. The molecule has 0 saturated carbocycles. The SMILES string of the molecule is CC(C)[C@H](N)C(=O)NCC(=O)NCCNc1ncc(Cl)cc1Cl. The average molecular weight is 362 g/mol. The lowest BCUT2D eigenvalue weighted by Crippen LogP contribution is -2.47. The molecule has 0 aliphatic carbocycles. The van der Waals surface area contributed by atoms with Crippen LogP contribution in [0.15, 0.2) is 12.3 Å². The number of nitrogens with one attached hydrogen (secondary N) is 3. The number of hydrogen-bond donors (Lipinski definition) is 4. The van der Waals surface area contributed by atoms with E-state index in [0.29, 0.717) is 29.0 Å². The van der Waals surface area contributed by atoms with Crippen molar-refractivity contribution in [2.45, 2.75) is 19.9 Å². The summed E-state index contributed by atoms with van der Waals surface area (Å²) in [7, 11) is 0. The van der Waals surface area contributed by atoms with E-state index < -0.39 is 6.04 Å². The summed E-state index contributed by atoms with van der Waals surface area (Å²) in [4.78, 5) is 27.2. The lowest BCUT2D eigenvalue weighted by molar-refractivity contribution is -0.127. The number of nitrogens with zero attached hydrogens (tertiary/aromatic N) is 1. The quantitative estimate of drug-likeness (QED) is 0.516. The number of rotatable bonds is 8. The molecule has 0 aliphatic heterocycles. The molecule has 0 saturated heterocycles. The van der Waals surface area contributed by atoms with E-state index in [0.717, 1.165) is 0 Å². The molecule has 9 heteroatoms. The largest absolute Gasteiger partial charge is 0.367 e. The van der Waals surface area contributed by atoms with Crippen molar-refractivity contribution in [1.82, 2.24) is 15.6 Å². The fraction of sp³-hybridized carbons (Fsp3) is 0.500. The highest BCUT2D eigenvalue weighted by molar-refractivity contribution is 6.35. The highest BCUT2D eigenvalue weighted by Crippen LogP contribution is 2.21. The maximum atomic E-state index is 11.6. The molecule has 7 nitrogen and oxygen atoms in total. The molecule has 5 N–H and O–H groups in total. The number of carbonyl (C=O) groups excluding carboxylic acids is 2. The van der Waals surface area contributed by atoms with Crippen molar-refractivity contribution in [3.8, 4) is 0 Å². The fourth-order valence-electron chi connectivity index (χ4n) is 1.58. The van der Waals surface area contributed by atoms with Gasteiger partial charge in [-0.25, -0.2) is 4.98 Å². The highest BCUT2D eigenvalue weighted by Gasteiger charge is 2.17. The molecule has 1 rings (SSSR count). The molecule has 1 aromatic rings. The summed E-state index contributed by atoms with van der Waals surface area (Å²) in [6.07, 6.45) is 1.47. The van der Waals surface area contributed by atoms with Crippen LogP contribution >= 0.6 is 23.2 Å². The molecule has 0 bridgehead atoms. The number of anilines is 1. The molecule has 23 heavy (non-hydrogen) atoms. The summed E-state index contributed by atoms with van der Waals surface area (Å²) in [5.41, 5.74) is 5.67. The zero-order valence-corrected chi connectivity index (χ0v) is 14.5. The van der Waals surface area contributed by atoms with E-state index >= 15 is 0 Å². The van der Waals surface area contributed by atoms with E-state index in [-0.39, 0.29) is 24.3 Å². The van der Waals surface area contributed by atoms with Crippen LogP contribution in [0.25, 0.3) is 0 Å². The molecule has 0 aliphatic rings. The van der Waals surface area contributed by atoms with Crippen molar-refractivity contribution in [3.63, 3.8) is 0 Å². The summed E-state index contributed by atoms with van der Waals surface area (Å²) in [5, 5.41) is 8.97. The van der Waals surface area contributed by atoms with Gasteiger partial charge < -0.3 is 21.7 Å². The van der Waals surface area contributed by atoms with Crippen LogP contribution in [0.1, 0.15) is 13.8 Å². The summed E-state index contributed by atoms with van der Waals surface area (Å²) in [6.45, 7) is 4.35. The van der Waals surface area contributed by atoms with Crippen LogP contribution in [0.2, 0.25) is 10.0 Å². The van der Waals surface area contributed by atoms with Gasteiger partial charge >= 0.3 is 0 Å². The second-order valence-corrected chi connectivity index (χ2v) is 6.09. The third-order valence-electron chi connectivity index (χ3n) is 2.99. The Hall–Kier alpha value is -1.57. The summed E-state index contributed by atoms with van der Waals surface area (Å²) in [5.74, 6) is -0.142. The van der Waals surface area contributed by atoms with Crippen LogP contribution in [0, 0.1) is 5.92 Å². The molecule has 0 radical (unpaired) electrons. The fourth-order valence-corrected chi connectivity index (χ4v) is 2.02. The van der Waals surface area contributed by atoms with Gasteiger partial charge in [-0.05, 0) is 12.0 Å². The van der Waals surface area contributed by atoms with Crippen LogP contribution < -0.4 is 21.7 Å². The first-order chi connectivity index (χ1) is 10.8. The Morgan fingerprint density at radius 3 is 2.57 bits per heavy atom. The van der Waals surface area contributed by atoms with Gasteiger partial charge in [0, 0.05) is 19.3 Å². The Kier molecular flexibility index (Phi) is 8.08. The summed E-state index contributed by atoms with van der Waals surface area (Å²) in [6, 6.07) is 0.951. The molecule has 0 aromatic carbocycles. The monoisotopic (exact) mass is 361 g/mol. The van der Waals surface area contributed by atoms with Crippen LogP contribution in [0.3, 0.4) is 0 Å². The first-order valence-corrected chi connectivity index (χ1v) is 7.91. The van der Waals surface area contributed by atoms with Crippen LogP contribution in [0.5, 0.6) is 0 Å². The lowest BCUT2D eigenvalue weighted by atomic mass is 10.1. The standard InChI is InChI=1S/C14H21Cl2N5O2/c1-8(2)12(17)14(23)21-7-11(22)18-3-4-19-13-10(16)5-9(15)6-20-13/h5-6,8,12H,3-4,7,17H2,1-2H3,(H,18,22)(H,19,20)(H,21,23)/t12-/m0/s1. The Morgan fingerprint density at radius 1 is 1.26 bits per heavy atom. The van der Waals surface area contributed by atoms with Crippen LogP contribution in [0.4, 0.5) is 5.82 Å². The van der Waals surface area contributed by atoms with Crippen LogP contribution in [-0.2, 0) is 9.59 Å². The van der Waals surface area contributed by atoms with E-state index in [1.165, 1.54) is 6.20 Å². The zero-order chi connectivity index (χ0) is 17.4. The Bertz CT molecular complexity index is 554. The van der Waals surface area contributed by atoms with E-state index in [1.54, 1.807) is 6.07 Å². The summed E-state index contributed by atoms with van der Waals surface area (Å²) >= 11 is 11.7. The van der Waals surface area contributed by atoms with Gasteiger partial charge in [0.2, 0.25) is 11.8 Å². The van der Waals surface area contributed by atoms with E-state index in [1.807, 2.05) is 13.8 Å². The molecule has 0 unspecified atom stereocenters. The van der Waals surface area contributed by atoms with Gasteiger partial charge in [-0.2, -0.15) is 0 Å². The smallest absolute Gasteiger partial charge is 0.239 e. The number of nitrogens with two attached hydrogens (primary N) is 1. The second kappa shape index (κ2) is 9.54. The second-order valence-electron chi connectivity index (χ2n) is 5.25. The van der Waals surface area contributed by atoms with Crippen molar-refractivity contribution in [1.29, 1.82) is 0 Å². The first kappa shape index (κ1) is 19.5. The Labute approximate surface area is 145 Å². The number of carbonyl (C=O) groups is 2. The van der Waals surface area contributed by atoms with Crippen molar-refractivity contribution < 1.29 is 9.59 Å². The predicted octanol–water partition coefficient (Wildman–Crippen LogP) is 1.02.